The molecule has 1 amide bonds. The van der Waals surface area contributed by atoms with E-state index >= 15 is 0 Å². The Labute approximate surface area is 153 Å². The van der Waals surface area contributed by atoms with Crippen LogP contribution in [0, 0.1) is 0 Å². The van der Waals surface area contributed by atoms with Gasteiger partial charge in [-0.2, -0.15) is 0 Å². The molecule has 3 aromatic rings. The number of hydrogen-bond acceptors (Lipinski definition) is 3. The Morgan fingerprint density at radius 3 is 2.62 bits per heavy atom. The van der Waals surface area contributed by atoms with Crippen LogP contribution in [0.15, 0.2) is 60.8 Å². The molecule has 1 aromatic heterocycles. The molecule has 132 valence electrons. The summed E-state index contributed by atoms with van der Waals surface area (Å²) >= 11 is 0. The third-order valence-corrected chi connectivity index (χ3v) is 4.83. The third-order valence-electron chi connectivity index (χ3n) is 4.83. The minimum absolute atomic E-state index is 0.0977. The van der Waals surface area contributed by atoms with E-state index in [2.05, 4.69) is 17.2 Å². The van der Waals surface area contributed by atoms with Crippen LogP contribution in [0.1, 0.15) is 42.5 Å². The second-order valence-corrected chi connectivity index (χ2v) is 6.65. The average molecular weight is 346 g/mol. The Morgan fingerprint density at radius 1 is 1.04 bits per heavy atom. The molecule has 0 aliphatic carbocycles. The molecule has 0 unspecified atom stereocenters. The number of aryl methyl sites for hydroxylation is 1. The van der Waals surface area contributed by atoms with Crippen LogP contribution in [0.5, 0.6) is 0 Å². The number of carbonyl (C=O) groups excluding carboxylic acids is 1. The van der Waals surface area contributed by atoms with Crippen molar-refractivity contribution < 1.29 is 4.79 Å². The summed E-state index contributed by atoms with van der Waals surface area (Å²) in [5.74, 6) is -0.150. The van der Waals surface area contributed by atoms with Crippen molar-refractivity contribution in [2.75, 3.05) is 4.90 Å². The number of rotatable bonds is 6. The zero-order valence-electron chi connectivity index (χ0n) is 14.9. The van der Waals surface area contributed by atoms with Gasteiger partial charge >= 0.3 is 0 Å². The lowest BCUT2D eigenvalue weighted by Gasteiger charge is -2.16. The summed E-state index contributed by atoms with van der Waals surface area (Å²) in [4.78, 5) is 15.1. The summed E-state index contributed by atoms with van der Waals surface area (Å²) < 4.78 is 1.86. The van der Waals surface area contributed by atoms with Crippen molar-refractivity contribution in [3.63, 3.8) is 0 Å². The molecule has 0 saturated heterocycles. The van der Waals surface area contributed by atoms with E-state index < -0.39 is 0 Å². The van der Waals surface area contributed by atoms with Crippen LogP contribution in [0.25, 0.3) is 0 Å². The van der Waals surface area contributed by atoms with Gasteiger partial charge in [0, 0.05) is 12.2 Å². The molecule has 0 N–H and O–H groups in total. The molecule has 2 heterocycles. The maximum atomic E-state index is 13.2. The lowest BCUT2D eigenvalue weighted by molar-refractivity contribution is -0.118. The number of nitrogens with zero attached hydrogens (tertiary/aromatic N) is 4. The van der Waals surface area contributed by atoms with Gasteiger partial charge in [0.15, 0.2) is 0 Å². The summed E-state index contributed by atoms with van der Waals surface area (Å²) in [5, 5.41) is 8.44. The second kappa shape index (κ2) is 7.12. The molecule has 0 radical (unpaired) electrons. The number of benzene rings is 2. The number of anilines is 1. The predicted octanol–water partition coefficient (Wildman–Crippen LogP) is 3.76. The van der Waals surface area contributed by atoms with Crippen molar-refractivity contribution in [3.05, 3.63) is 77.6 Å². The summed E-state index contributed by atoms with van der Waals surface area (Å²) in [7, 11) is 0. The minimum Gasteiger partial charge on any atom is -0.305 e. The molecule has 1 aliphatic rings. The maximum Gasteiger partial charge on any atom is 0.239 e. The fourth-order valence-corrected chi connectivity index (χ4v) is 3.52. The first-order valence-electron chi connectivity index (χ1n) is 9.12. The molecule has 1 aliphatic heterocycles. The molecule has 5 nitrogen and oxygen atoms in total. The zero-order chi connectivity index (χ0) is 17.9. The van der Waals surface area contributed by atoms with Crippen LogP contribution in [-0.4, -0.2) is 20.9 Å². The molecule has 2 aromatic carbocycles. The average Bonchev–Trinajstić information content (AvgIpc) is 3.24. The van der Waals surface area contributed by atoms with E-state index in [0.29, 0.717) is 6.54 Å². The molecule has 0 bridgehead atoms. The number of aromatic nitrogens is 3. The van der Waals surface area contributed by atoms with Crippen molar-refractivity contribution in [3.8, 4) is 0 Å². The van der Waals surface area contributed by atoms with E-state index in [1.807, 2.05) is 70.4 Å². The number of hydrogen-bond donors (Lipinski definition) is 0. The quantitative estimate of drug-likeness (QED) is 0.683. The molecular weight excluding hydrogens is 324 g/mol. The molecule has 26 heavy (non-hydrogen) atoms. The molecule has 0 fully saturated rings. The van der Waals surface area contributed by atoms with Crippen LogP contribution in [0.4, 0.5) is 5.69 Å². The molecule has 4 rings (SSSR count). The van der Waals surface area contributed by atoms with Crippen molar-refractivity contribution in [2.24, 2.45) is 0 Å². The van der Waals surface area contributed by atoms with Gasteiger partial charge in [-0.05, 0) is 23.6 Å². The smallest absolute Gasteiger partial charge is 0.239 e. The maximum absolute atomic E-state index is 13.2. The normalized spacial score (nSPS) is 16.1. The third kappa shape index (κ3) is 3.01. The van der Waals surface area contributed by atoms with Crippen LogP contribution in [0.3, 0.4) is 0 Å². The first kappa shape index (κ1) is 16.5. The zero-order valence-corrected chi connectivity index (χ0v) is 14.9. The highest BCUT2D eigenvalue weighted by atomic mass is 16.2. The number of para-hydroxylation sites is 1. The molecule has 5 heteroatoms. The van der Waals surface area contributed by atoms with Gasteiger partial charge in [0.1, 0.15) is 5.69 Å². The second-order valence-electron chi connectivity index (χ2n) is 6.65. The van der Waals surface area contributed by atoms with E-state index in [0.717, 1.165) is 41.9 Å². The Balaban J connectivity index is 1.63. The number of unbranched alkanes of at least 4 members (excludes halogenated alkanes) is 1. The Hall–Kier alpha value is -2.95. The van der Waals surface area contributed by atoms with Crippen molar-refractivity contribution in [1.29, 1.82) is 0 Å². The Morgan fingerprint density at radius 2 is 1.81 bits per heavy atom. The Bertz CT molecular complexity index is 903. The topological polar surface area (TPSA) is 51.0 Å². The van der Waals surface area contributed by atoms with Crippen molar-refractivity contribution >= 4 is 11.6 Å². The number of carbonyl (C=O) groups is 1. The van der Waals surface area contributed by atoms with Crippen LogP contribution >= 0.6 is 0 Å². The summed E-state index contributed by atoms with van der Waals surface area (Å²) in [6, 6.07) is 18.0. The van der Waals surface area contributed by atoms with Gasteiger partial charge in [-0.25, -0.2) is 0 Å². The summed E-state index contributed by atoms with van der Waals surface area (Å²) in [6.45, 7) is 3.47. The van der Waals surface area contributed by atoms with Crippen LogP contribution < -0.4 is 4.90 Å². The van der Waals surface area contributed by atoms with E-state index in [1.165, 1.54) is 0 Å². The SMILES string of the molecule is CCCCn1cc(CN2C(=O)[C@H](c3ccccc3)c3ccccc32)nn1. The number of amides is 1. The van der Waals surface area contributed by atoms with E-state index in [1.54, 1.807) is 0 Å². The number of fused-ring (bicyclic) bond motifs is 1. The van der Waals surface area contributed by atoms with E-state index in [9.17, 15) is 4.79 Å². The van der Waals surface area contributed by atoms with E-state index in [-0.39, 0.29) is 11.8 Å². The van der Waals surface area contributed by atoms with Gasteiger partial charge < -0.3 is 4.90 Å². The monoisotopic (exact) mass is 346 g/mol. The molecule has 0 saturated carbocycles. The first-order valence-corrected chi connectivity index (χ1v) is 9.12. The minimum atomic E-state index is -0.248. The van der Waals surface area contributed by atoms with Crippen LogP contribution in [0.2, 0.25) is 0 Å². The molecular formula is C21H22N4O. The largest absolute Gasteiger partial charge is 0.305 e. The highest BCUT2D eigenvalue weighted by Gasteiger charge is 2.38. The van der Waals surface area contributed by atoms with Gasteiger partial charge in [-0.1, -0.05) is 67.1 Å². The van der Waals surface area contributed by atoms with E-state index in [4.69, 9.17) is 0 Å². The van der Waals surface area contributed by atoms with Gasteiger partial charge in [0.05, 0.1) is 18.7 Å². The lowest BCUT2D eigenvalue weighted by atomic mass is 9.93. The van der Waals surface area contributed by atoms with Crippen molar-refractivity contribution in [2.45, 2.75) is 38.8 Å². The lowest BCUT2D eigenvalue weighted by Crippen LogP contribution is -2.28. The van der Waals surface area contributed by atoms with Gasteiger partial charge in [-0.3, -0.25) is 9.48 Å². The Kier molecular flexibility index (Phi) is 4.52. The summed E-state index contributed by atoms with van der Waals surface area (Å²) in [5.41, 5.74) is 3.87. The summed E-state index contributed by atoms with van der Waals surface area (Å²) in [6.07, 6.45) is 4.14. The predicted molar refractivity (Wildman–Crippen MR) is 101 cm³/mol. The van der Waals surface area contributed by atoms with Gasteiger partial charge in [-0.15, -0.1) is 5.10 Å². The van der Waals surface area contributed by atoms with Gasteiger partial charge in [0.25, 0.3) is 0 Å². The highest BCUT2D eigenvalue weighted by molar-refractivity contribution is 6.06. The van der Waals surface area contributed by atoms with Gasteiger partial charge in [0.2, 0.25) is 5.91 Å². The standard InChI is InChI=1S/C21H22N4O/c1-2-3-13-24-14-17(22-23-24)15-25-19-12-8-7-11-18(19)20(21(25)26)16-9-5-4-6-10-16/h4-12,14,20H,2-3,13,15H2,1H3/t20-/m1/s1. The molecule has 1 atom stereocenters. The fourth-order valence-electron chi connectivity index (χ4n) is 3.52. The van der Waals surface area contributed by atoms with Crippen LogP contribution in [-0.2, 0) is 17.9 Å². The highest BCUT2D eigenvalue weighted by Crippen LogP contribution is 2.41. The molecule has 0 spiro atoms. The van der Waals surface area contributed by atoms with Crippen molar-refractivity contribution in [1.82, 2.24) is 15.0 Å². The first-order chi connectivity index (χ1) is 12.8. The fraction of sp³-hybridized carbons (Fsp3) is 0.286.